The Hall–Kier alpha value is -1.01. The summed E-state index contributed by atoms with van der Waals surface area (Å²) in [4.78, 5) is 24.6. The molecular formula is C15H21NO3S2. The Morgan fingerprint density at radius 1 is 1.33 bits per heavy atom. The number of hydrogen-bond donors (Lipinski definition) is 2. The van der Waals surface area contributed by atoms with Crippen LogP contribution in [0.25, 0.3) is 0 Å². The second-order valence-corrected chi connectivity index (χ2v) is 7.51. The lowest BCUT2D eigenvalue weighted by molar-refractivity contribution is -0.150. The monoisotopic (exact) mass is 327 g/mol. The van der Waals surface area contributed by atoms with E-state index in [0.29, 0.717) is 18.6 Å². The van der Waals surface area contributed by atoms with Crippen LogP contribution in [-0.2, 0) is 15.3 Å². The van der Waals surface area contributed by atoms with E-state index in [9.17, 15) is 14.7 Å². The number of carbonyl (C=O) groups is 2. The van der Waals surface area contributed by atoms with E-state index in [-0.39, 0.29) is 12.5 Å². The van der Waals surface area contributed by atoms with Crippen molar-refractivity contribution in [3.05, 3.63) is 22.4 Å². The first-order chi connectivity index (χ1) is 10.1. The van der Waals surface area contributed by atoms with Gasteiger partial charge in [0.25, 0.3) is 0 Å². The van der Waals surface area contributed by atoms with Gasteiger partial charge in [-0.1, -0.05) is 25.3 Å². The van der Waals surface area contributed by atoms with Crippen LogP contribution in [0.4, 0.5) is 0 Å². The van der Waals surface area contributed by atoms with Crippen molar-refractivity contribution in [2.75, 3.05) is 12.3 Å². The largest absolute Gasteiger partial charge is 0.481 e. The molecule has 1 fully saturated rings. The molecule has 0 atom stereocenters. The number of amides is 1. The van der Waals surface area contributed by atoms with Crippen molar-refractivity contribution in [1.29, 1.82) is 0 Å². The van der Waals surface area contributed by atoms with E-state index in [1.807, 2.05) is 11.4 Å². The molecule has 2 N–H and O–H groups in total. The van der Waals surface area contributed by atoms with Crippen molar-refractivity contribution in [2.24, 2.45) is 5.41 Å². The second kappa shape index (κ2) is 7.84. The van der Waals surface area contributed by atoms with Gasteiger partial charge in [0.1, 0.15) is 0 Å². The summed E-state index contributed by atoms with van der Waals surface area (Å²) >= 11 is 3.25. The van der Waals surface area contributed by atoms with Crippen LogP contribution in [0, 0.1) is 5.41 Å². The number of aliphatic carboxylic acids is 1. The fourth-order valence-electron chi connectivity index (χ4n) is 2.65. The molecule has 21 heavy (non-hydrogen) atoms. The number of carbonyl (C=O) groups excluding carboxylic acids is 1. The van der Waals surface area contributed by atoms with Gasteiger partial charge in [-0.25, -0.2) is 0 Å². The summed E-state index contributed by atoms with van der Waals surface area (Å²) in [6, 6.07) is 4.05. The molecule has 1 heterocycles. The average Bonchev–Trinajstić information content (AvgIpc) is 2.99. The topological polar surface area (TPSA) is 66.4 Å². The average molecular weight is 327 g/mol. The molecule has 1 aliphatic rings. The summed E-state index contributed by atoms with van der Waals surface area (Å²) in [5, 5.41) is 14.3. The molecule has 0 saturated heterocycles. The highest BCUT2D eigenvalue weighted by molar-refractivity contribution is 7.99. The molecule has 1 aromatic rings. The van der Waals surface area contributed by atoms with Crippen LogP contribution < -0.4 is 5.32 Å². The molecule has 1 aliphatic carbocycles. The van der Waals surface area contributed by atoms with Gasteiger partial charge < -0.3 is 10.4 Å². The van der Waals surface area contributed by atoms with Crippen molar-refractivity contribution in [3.8, 4) is 0 Å². The number of carboxylic acids is 1. The summed E-state index contributed by atoms with van der Waals surface area (Å²) < 4.78 is 0. The minimum absolute atomic E-state index is 0.0669. The Balaban J connectivity index is 1.72. The van der Waals surface area contributed by atoms with Crippen LogP contribution in [-0.4, -0.2) is 29.3 Å². The van der Waals surface area contributed by atoms with E-state index < -0.39 is 11.4 Å². The molecule has 0 bridgehead atoms. The zero-order valence-electron chi connectivity index (χ0n) is 12.0. The van der Waals surface area contributed by atoms with Gasteiger partial charge in [0.05, 0.1) is 11.2 Å². The Morgan fingerprint density at radius 3 is 2.71 bits per heavy atom. The third kappa shape index (κ3) is 4.74. The van der Waals surface area contributed by atoms with Crippen molar-refractivity contribution in [3.63, 3.8) is 0 Å². The normalized spacial score (nSPS) is 17.3. The van der Waals surface area contributed by atoms with Gasteiger partial charge in [-0.15, -0.1) is 23.1 Å². The molecule has 0 aliphatic heterocycles. The van der Waals surface area contributed by atoms with E-state index in [1.54, 1.807) is 23.1 Å². The smallest absolute Gasteiger partial charge is 0.311 e. The lowest BCUT2D eigenvalue weighted by Crippen LogP contribution is -2.44. The van der Waals surface area contributed by atoms with E-state index in [4.69, 9.17) is 0 Å². The molecule has 1 amide bonds. The lowest BCUT2D eigenvalue weighted by atomic mass is 9.74. The maximum Gasteiger partial charge on any atom is 0.311 e. The van der Waals surface area contributed by atoms with Crippen LogP contribution >= 0.6 is 23.1 Å². The summed E-state index contributed by atoms with van der Waals surface area (Å²) in [5.74, 6) is 0.374. The molecule has 0 spiro atoms. The Morgan fingerprint density at radius 2 is 2.10 bits per heavy atom. The molecule has 0 aromatic carbocycles. The van der Waals surface area contributed by atoms with Crippen LogP contribution in [0.5, 0.6) is 0 Å². The van der Waals surface area contributed by atoms with Gasteiger partial charge in [-0.2, -0.15) is 0 Å². The fraction of sp³-hybridized carbons (Fsp3) is 0.600. The first-order valence-corrected chi connectivity index (χ1v) is 9.26. The van der Waals surface area contributed by atoms with Gasteiger partial charge in [0, 0.05) is 17.2 Å². The predicted molar refractivity (Wildman–Crippen MR) is 86.6 cm³/mol. The molecule has 4 nitrogen and oxygen atoms in total. The van der Waals surface area contributed by atoms with Crippen molar-refractivity contribution >= 4 is 35.0 Å². The van der Waals surface area contributed by atoms with Crippen molar-refractivity contribution < 1.29 is 14.7 Å². The minimum atomic E-state index is -0.770. The third-order valence-corrected chi connectivity index (χ3v) is 5.99. The van der Waals surface area contributed by atoms with E-state index in [0.717, 1.165) is 25.0 Å². The van der Waals surface area contributed by atoms with E-state index in [1.165, 1.54) is 4.88 Å². The molecular weight excluding hydrogens is 306 g/mol. The number of carboxylic acid groups (broad SMARTS) is 1. The molecule has 1 aromatic heterocycles. The van der Waals surface area contributed by atoms with Crippen LogP contribution in [0.3, 0.4) is 0 Å². The quantitative estimate of drug-likeness (QED) is 0.807. The fourth-order valence-corrected chi connectivity index (χ4v) is 4.35. The molecule has 2 rings (SSSR count). The first kappa shape index (κ1) is 16.4. The summed E-state index contributed by atoms with van der Waals surface area (Å²) in [6.45, 7) is 0.265. The summed E-state index contributed by atoms with van der Waals surface area (Å²) in [5.41, 5.74) is -0.744. The molecule has 116 valence electrons. The van der Waals surface area contributed by atoms with Crippen molar-refractivity contribution in [1.82, 2.24) is 5.32 Å². The molecule has 6 heteroatoms. The zero-order valence-corrected chi connectivity index (χ0v) is 13.6. The van der Waals surface area contributed by atoms with Crippen LogP contribution in [0.15, 0.2) is 17.5 Å². The minimum Gasteiger partial charge on any atom is -0.481 e. The van der Waals surface area contributed by atoms with Gasteiger partial charge >= 0.3 is 5.97 Å². The number of nitrogens with one attached hydrogen (secondary N) is 1. The maximum absolute atomic E-state index is 11.9. The van der Waals surface area contributed by atoms with Crippen LogP contribution in [0.2, 0.25) is 0 Å². The van der Waals surface area contributed by atoms with Gasteiger partial charge in [-0.3, -0.25) is 9.59 Å². The summed E-state index contributed by atoms with van der Waals surface area (Å²) in [6.07, 6.45) is 4.32. The zero-order chi connectivity index (χ0) is 15.1. The highest BCUT2D eigenvalue weighted by Gasteiger charge is 2.39. The number of rotatable bonds is 7. The number of thiophene rings is 1. The van der Waals surface area contributed by atoms with Gasteiger partial charge in [-0.05, 0) is 24.3 Å². The second-order valence-electron chi connectivity index (χ2n) is 5.50. The van der Waals surface area contributed by atoms with Gasteiger partial charge in [0.15, 0.2) is 0 Å². The molecule has 1 saturated carbocycles. The van der Waals surface area contributed by atoms with Gasteiger partial charge in [0.2, 0.25) is 5.91 Å². The van der Waals surface area contributed by atoms with Crippen LogP contribution in [0.1, 0.15) is 37.0 Å². The van der Waals surface area contributed by atoms with E-state index >= 15 is 0 Å². The molecule has 0 radical (unpaired) electrons. The predicted octanol–water partition coefficient (Wildman–Crippen LogP) is 3.13. The number of hydrogen-bond acceptors (Lipinski definition) is 4. The Labute approximate surface area is 133 Å². The van der Waals surface area contributed by atoms with Crippen molar-refractivity contribution in [2.45, 2.75) is 37.9 Å². The first-order valence-electron chi connectivity index (χ1n) is 7.23. The third-order valence-electron chi connectivity index (χ3n) is 3.95. The lowest BCUT2D eigenvalue weighted by Gasteiger charge is -2.33. The number of thioether (sulfide) groups is 1. The SMILES string of the molecule is O=C(CSCc1cccs1)NCC1(C(=O)O)CCCCC1. The van der Waals surface area contributed by atoms with E-state index in [2.05, 4.69) is 11.4 Å². The highest BCUT2D eigenvalue weighted by Crippen LogP contribution is 2.36. The Bertz CT molecular complexity index is 467. The Kier molecular flexibility index (Phi) is 6.11. The maximum atomic E-state index is 11.9. The highest BCUT2D eigenvalue weighted by atomic mass is 32.2. The summed E-state index contributed by atoms with van der Waals surface area (Å²) in [7, 11) is 0. The standard InChI is InChI=1S/C15H21NO3S2/c17-13(10-20-9-12-5-4-8-21-12)16-11-15(14(18)19)6-2-1-3-7-15/h4-5,8H,1-3,6-7,9-11H2,(H,16,17)(H,18,19). The molecule has 0 unspecified atom stereocenters.